The van der Waals surface area contributed by atoms with E-state index in [-0.39, 0.29) is 17.7 Å². The first kappa shape index (κ1) is 19.9. The van der Waals surface area contributed by atoms with Crippen molar-refractivity contribution in [1.82, 2.24) is 25.1 Å². The molecule has 0 saturated heterocycles. The van der Waals surface area contributed by atoms with Crippen LogP contribution >= 0.6 is 11.8 Å². The van der Waals surface area contributed by atoms with Gasteiger partial charge in [0.15, 0.2) is 0 Å². The Morgan fingerprint density at radius 1 is 0.906 bits per heavy atom. The van der Waals surface area contributed by atoms with Crippen LogP contribution in [0.5, 0.6) is 0 Å². The fourth-order valence-electron chi connectivity index (χ4n) is 3.05. The molecule has 0 aliphatic rings. The van der Waals surface area contributed by atoms with Gasteiger partial charge >= 0.3 is 0 Å². The molecule has 2 heterocycles. The van der Waals surface area contributed by atoms with Crippen molar-refractivity contribution < 1.29 is 8.81 Å². The summed E-state index contributed by atoms with van der Waals surface area (Å²) in [5.41, 5.74) is 7.29. The highest BCUT2D eigenvalue weighted by atomic mass is 32.2. The van der Waals surface area contributed by atoms with Gasteiger partial charge in [0.2, 0.25) is 17.8 Å². The highest BCUT2D eigenvalue weighted by Gasteiger charge is 2.12. The predicted octanol–water partition coefficient (Wildman–Crippen LogP) is 4.83. The summed E-state index contributed by atoms with van der Waals surface area (Å²) in [5, 5.41) is 13.9. The van der Waals surface area contributed by atoms with Crippen LogP contribution in [-0.4, -0.2) is 25.1 Å². The third-order valence-corrected chi connectivity index (χ3v) is 5.34. The molecule has 0 amide bonds. The van der Waals surface area contributed by atoms with Gasteiger partial charge in [0.05, 0.1) is 5.75 Å². The topological polar surface area (TPSA) is 116 Å². The van der Waals surface area contributed by atoms with Crippen molar-refractivity contribution in [3.05, 3.63) is 78.4 Å². The molecule has 2 aromatic heterocycles. The van der Waals surface area contributed by atoms with Crippen LogP contribution in [0.3, 0.4) is 0 Å². The van der Waals surface area contributed by atoms with Crippen molar-refractivity contribution in [3.8, 4) is 11.5 Å². The Labute approximate surface area is 186 Å². The Kier molecular flexibility index (Phi) is 5.34. The monoisotopic (exact) mass is 445 g/mol. The van der Waals surface area contributed by atoms with E-state index in [1.54, 1.807) is 12.1 Å². The predicted molar refractivity (Wildman–Crippen MR) is 121 cm³/mol. The summed E-state index contributed by atoms with van der Waals surface area (Å²) in [6.07, 6.45) is 0. The molecule has 8 nitrogen and oxygen atoms in total. The lowest BCUT2D eigenvalue weighted by Gasteiger charge is -2.06. The maximum absolute atomic E-state index is 13.1. The van der Waals surface area contributed by atoms with E-state index in [0.717, 1.165) is 16.3 Å². The Balaban J connectivity index is 1.29. The molecule has 32 heavy (non-hydrogen) atoms. The SMILES string of the molecule is Nc1nc(CSc2nnc(-c3ccc4ccccc4c3)o2)nc(Nc2ccc(F)cc2)n1. The number of anilines is 3. The fourth-order valence-corrected chi connectivity index (χ4v) is 3.67. The summed E-state index contributed by atoms with van der Waals surface area (Å²) in [7, 11) is 0. The molecule has 0 aliphatic heterocycles. The molecule has 0 spiro atoms. The lowest BCUT2D eigenvalue weighted by molar-refractivity contribution is 0.466. The quantitative estimate of drug-likeness (QED) is 0.354. The second-order valence-corrected chi connectivity index (χ2v) is 7.72. The van der Waals surface area contributed by atoms with Crippen LogP contribution in [0.15, 0.2) is 76.4 Å². The molecular formula is C22H16FN7OS. The molecule has 0 radical (unpaired) electrons. The third kappa shape index (κ3) is 4.49. The lowest BCUT2D eigenvalue weighted by Crippen LogP contribution is -2.06. The minimum Gasteiger partial charge on any atom is -0.411 e. The van der Waals surface area contributed by atoms with Crippen LogP contribution in [0.2, 0.25) is 0 Å². The average Bonchev–Trinajstić information content (AvgIpc) is 3.28. The number of hydrogen-bond acceptors (Lipinski definition) is 9. The number of benzene rings is 3. The van der Waals surface area contributed by atoms with Gasteiger partial charge in [-0.1, -0.05) is 42.1 Å². The first-order valence-electron chi connectivity index (χ1n) is 9.61. The van der Waals surface area contributed by atoms with Gasteiger partial charge in [-0.3, -0.25) is 0 Å². The molecule has 3 aromatic carbocycles. The maximum atomic E-state index is 13.1. The summed E-state index contributed by atoms with van der Waals surface area (Å²) >= 11 is 1.29. The summed E-state index contributed by atoms with van der Waals surface area (Å²) in [5.74, 6) is 1.24. The Hall–Kier alpha value is -4.05. The highest BCUT2D eigenvalue weighted by molar-refractivity contribution is 7.98. The average molecular weight is 445 g/mol. The van der Waals surface area contributed by atoms with Crippen LogP contribution < -0.4 is 11.1 Å². The number of hydrogen-bond donors (Lipinski definition) is 2. The molecule has 5 aromatic rings. The first-order valence-corrected chi connectivity index (χ1v) is 10.6. The number of nitrogen functional groups attached to an aromatic ring is 1. The van der Waals surface area contributed by atoms with E-state index in [0.29, 0.717) is 28.4 Å². The fraction of sp³-hybridized carbons (Fsp3) is 0.0455. The number of rotatable bonds is 6. The number of halogens is 1. The van der Waals surface area contributed by atoms with Crippen LogP contribution in [0.25, 0.3) is 22.2 Å². The van der Waals surface area contributed by atoms with Crippen molar-refractivity contribution >= 4 is 40.1 Å². The van der Waals surface area contributed by atoms with Crippen molar-refractivity contribution in [2.45, 2.75) is 11.0 Å². The van der Waals surface area contributed by atoms with Crippen molar-refractivity contribution in [1.29, 1.82) is 0 Å². The second-order valence-electron chi connectivity index (χ2n) is 6.79. The van der Waals surface area contributed by atoms with Gasteiger partial charge in [-0.05, 0) is 47.2 Å². The van der Waals surface area contributed by atoms with E-state index in [4.69, 9.17) is 10.2 Å². The largest absolute Gasteiger partial charge is 0.411 e. The zero-order valence-electron chi connectivity index (χ0n) is 16.6. The molecule has 0 saturated carbocycles. The Morgan fingerprint density at radius 2 is 1.72 bits per heavy atom. The van der Waals surface area contributed by atoms with Gasteiger partial charge in [0, 0.05) is 11.3 Å². The summed E-state index contributed by atoms with van der Waals surface area (Å²) < 4.78 is 18.9. The molecule has 0 bridgehead atoms. The minimum atomic E-state index is -0.328. The van der Waals surface area contributed by atoms with Gasteiger partial charge in [-0.25, -0.2) is 4.39 Å². The van der Waals surface area contributed by atoms with E-state index in [1.165, 1.54) is 23.9 Å². The maximum Gasteiger partial charge on any atom is 0.277 e. The van der Waals surface area contributed by atoms with E-state index < -0.39 is 0 Å². The molecule has 0 fully saturated rings. The number of nitrogens with two attached hydrogens (primary N) is 1. The van der Waals surface area contributed by atoms with Crippen molar-refractivity contribution in [2.24, 2.45) is 0 Å². The Morgan fingerprint density at radius 3 is 2.56 bits per heavy atom. The first-order chi connectivity index (χ1) is 15.6. The molecule has 3 N–H and O–H groups in total. The Bertz CT molecular complexity index is 1390. The number of nitrogens with zero attached hydrogens (tertiary/aromatic N) is 5. The minimum absolute atomic E-state index is 0.0718. The molecular weight excluding hydrogens is 429 g/mol. The summed E-state index contributed by atoms with van der Waals surface area (Å²) in [6.45, 7) is 0. The smallest absolute Gasteiger partial charge is 0.277 e. The molecule has 0 unspecified atom stereocenters. The normalized spacial score (nSPS) is 11.0. The zero-order chi connectivity index (χ0) is 21.9. The molecule has 158 valence electrons. The van der Waals surface area contributed by atoms with Gasteiger partial charge in [-0.2, -0.15) is 15.0 Å². The standard InChI is InChI=1S/C22H16FN7OS/c23-16-7-9-17(10-8-16)25-21-27-18(26-20(24)28-21)12-32-22-30-29-19(31-22)15-6-5-13-3-1-2-4-14(13)11-15/h1-11H,12H2,(H3,24,25,26,27,28). The van der Waals surface area contributed by atoms with E-state index in [1.807, 2.05) is 42.5 Å². The van der Waals surface area contributed by atoms with E-state index >= 15 is 0 Å². The van der Waals surface area contributed by atoms with Gasteiger partial charge in [-0.15, -0.1) is 10.2 Å². The van der Waals surface area contributed by atoms with E-state index in [9.17, 15) is 4.39 Å². The van der Waals surface area contributed by atoms with Crippen LogP contribution in [0.4, 0.5) is 22.0 Å². The van der Waals surface area contributed by atoms with Crippen LogP contribution in [0, 0.1) is 5.82 Å². The van der Waals surface area contributed by atoms with Crippen LogP contribution in [0.1, 0.15) is 5.82 Å². The third-order valence-electron chi connectivity index (χ3n) is 4.53. The summed E-state index contributed by atoms with van der Waals surface area (Å²) in [6, 6.07) is 19.9. The second kappa shape index (κ2) is 8.60. The number of aromatic nitrogens is 5. The highest BCUT2D eigenvalue weighted by Crippen LogP contribution is 2.27. The number of nitrogens with one attached hydrogen (secondary N) is 1. The summed E-state index contributed by atoms with van der Waals surface area (Å²) in [4.78, 5) is 12.6. The number of fused-ring (bicyclic) bond motifs is 1. The molecule has 0 aliphatic carbocycles. The van der Waals surface area contributed by atoms with Crippen LogP contribution in [-0.2, 0) is 5.75 Å². The van der Waals surface area contributed by atoms with Crippen molar-refractivity contribution in [3.63, 3.8) is 0 Å². The van der Waals surface area contributed by atoms with Crippen molar-refractivity contribution in [2.75, 3.05) is 11.1 Å². The van der Waals surface area contributed by atoms with Gasteiger partial charge < -0.3 is 15.5 Å². The lowest BCUT2D eigenvalue weighted by atomic mass is 10.1. The van der Waals surface area contributed by atoms with Gasteiger partial charge in [0.1, 0.15) is 11.6 Å². The molecule has 5 rings (SSSR count). The van der Waals surface area contributed by atoms with Gasteiger partial charge in [0.25, 0.3) is 5.22 Å². The number of thioether (sulfide) groups is 1. The molecule has 0 atom stereocenters. The van der Waals surface area contributed by atoms with E-state index in [2.05, 4.69) is 30.5 Å². The molecule has 10 heteroatoms. The zero-order valence-corrected chi connectivity index (χ0v) is 17.4.